The molecule has 3 aromatic rings. The Hall–Kier alpha value is -2.10. The van der Waals surface area contributed by atoms with E-state index in [0.29, 0.717) is 6.04 Å². The van der Waals surface area contributed by atoms with Gasteiger partial charge in [0.05, 0.1) is 17.7 Å². The van der Waals surface area contributed by atoms with Gasteiger partial charge in [0, 0.05) is 22.2 Å². The van der Waals surface area contributed by atoms with E-state index in [4.69, 9.17) is 16.6 Å². The van der Waals surface area contributed by atoms with Crippen LogP contribution in [0.3, 0.4) is 0 Å². The minimum absolute atomic E-state index is 0.482. The van der Waals surface area contributed by atoms with E-state index < -0.39 is 0 Å². The molecule has 0 spiro atoms. The number of aromatic nitrogens is 2. The quantitative estimate of drug-likeness (QED) is 0.651. The Balaban J connectivity index is 1.83. The van der Waals surface area contributed by atoms with Crippen molar-refractivity contribution in [3.05, 3.63) is 65.9 Å². The van der Waals surface area contributed by atoms with Crippen LogP contribution in [0.2, 0.25) is 5.02 Å². The molecule has 4 rings (SSSR count). The molecule has 0 saturated carbocycles. The second kappa shape index (κ2) is 7.03. The first-order valence-electron chi connectivity index (χ1n) is 8.79. The van der Waals surface area contributed by atoms with Crippen molar-refractivity contribution in [1.82, 2.24) is 14.5 Å². The molecule has 0 bridgehead atoms. The summed E-state index contributed by atoms with van der Waals surface area (Å²) in [5.74, 6) is 0. The van der Waals surface area contributed by atoms with Crippen LogP contribution in [0.4, 0.5) is 0 Å². The molecule has 25 heavy (non-hydrogen) atoms. The molecule has 0 amide bonds. The molecule has 0 unspecified atom stereocenters. The van der Waals surface area contributed by atoms with E-state index in [9.17, 15) is 0 Å². The van der Waals surface area contributed by atoms with Crippen molar-refractivity contribution in [3.63, 3.8) is 0 Å². The van der Waals surface area contributed by atoms with Crippen molar-refractivity contribution < 1.29 is 0 Å². The van der Waals surface area contributed by atoms with E-state index in [2.05, 4.69) is 46.8 Å². The van der Waals surface area contributed by atoms with Crippen LogP contribution >= 0.6 is 11.6 Å². The number of halogens is 1. The van der Waals surface area contributed by atoms with Gasteiger partial charge in [-0.05, 0) is 45.1 Å². The summed E-state index contributed by atoms with van der Waals surface area (Å²) in [7, 11) is 2.19. The molecular formula is C21H22ClN3. The maximum absolute atomic E-state index is 6.28. The number of likely N-dealkylation sites (tertiary alicyclic amines) is 1. The first-order valence-corrected chi connectivity index (χ1v) is 9.17. The zero-order valence-corrected chi connectivity index (χ0v) is 15.2. The standard InChI is InChI=1S/C21H22ClN3/c1-24-12-10-19(11-13-24)25-15-23-20(16-6-3-2-4-7-16)21(25)17-8-5-9-18(22)14-17/h2-9,14-15,19H,10-13H2,1H3. The predicted molar refractivity (Wildman–Crippen MR) is 104 cm³/mol. The van der Waals surface area contributed by atoms with Crippen molar-refractivity contribution in [2.75, 3.05) is 20.1 Å². The molecule has 0 aliphatic carbocycles. The topological polar surface area (TPSA) is 21.1 Å². The lowest BCUT2D eigenvalue weighted by molar-refractivity contribution is 0.222. The van der Waals surface area contributed by atoms with Crippen molar-refractivity contribution in [2.45, 2.75) is 18.9 Å². The molecule has 2 aromatic carbocycles. The first kappa shape index (κ1) is 16.4. The summed E-state index contributed by atoms with van der Waals surface area (Å²) >= 11 is 6.28. The van der Waals surface area contributed by atoms with Crippen molar-refractivity contribution >= 4 is 11.6 Å². The van der Waals surface area contributed by atoms with Gasteiger partial charge in [-0.25, -0.2) is 4.98 Å². The molecule has 0 N–H and O–H groups in total. The number of hydrogen-bond donors (Lipinski definition) is 0. The largest absolute Gasteiger partial charge is 0.327 e. The van der Waals surface area contributed by atoms with Gasteiger partial charge in [-0.2, -0.15) is 0 Å². The third-order valence-electron chi connectivity index (χ3n) is 5.02. The normalized spacial score (nSPS) is 16.2. The van der Waals surface area contributed by atoms with Gasteiger partial charge >= 0.3 is 0 Å². The summed E-state index contributed by atoms with van der Waals surface area (Å²) < 4.78 is 2.36. The Kier molecular flexibility index (Phi) is 4.60. The van der Waals surface area contributed by atoms with Gasteiger partial charge in [-0.3, -0.25) is 0 Å². The minimum Gasteiger partial charge on any atom is -0.327 e. The van der Waals surface area contributed by atoms with E-state index in [1.165, 1.54) is 5.69 Å². The van der Waals surface area contributed by atoms with Gasteiger partial charge in [-0.1, -0.05) is 54.1 Å². The fourth-order valence-electron chi connectivity index (χ4n) is 3.64. The molecule has 2 heterocycles. The highest BCUT2D eigenvalue weighted by Gasteiger charge is 2.23. The number of imidazole rings is 1. The molecule has 1 aromatic heterocycles. The Morgan fingerprint density at radius 2 is 1.68 bits per heavy atom. The van der Waals surface area contributed by atoms with E-state index in [-0.39, 0.29) is 0 Å². The third-order valence-corrected chi connectivity index (χ3v) is 5.26. The Morgan fingerprint density at radius 3 is 2.40 bits per heavy atom. The van der Waals surface area contributed by atoms with Gasteiger partial charge in [0.25, 0.3) is 0 Å². The second-order valence-electron chi connectivity index (χ2n) is 6.76. The highest BCUT2D eigenvalue weighted by atomic mass is 35.5. The fourth-order valence-corrected chi connectivity index (χ4v) is 3.83. The average Bonchev–Trinajstić information content (AvgIpc) is 3.08. The number of benzene rings is 2. The first-order chi connectivity index (χ1) is 12.2. The van der Waals surface area contributed by atoms with Gasteiger partial charge in [0.2, 0.25) is 0 Å². The molecule has 0 radical (unpaired) electrons. The number of rotatable bonds is 3. The predicted octanol–water partition coefficient (Wildman–Crippen LogP) is 5.14. The summed E-state index contributed by atoms with van der Waals surface area (Å²) in [6, 6.07) is 19.0. The molecule has 4 heteroatoms. The SMILES string of the molecule is CN1CCC(n2cnc(-c3ccccc3)c2-c2cccc(Cl)c2)CC1. The third kappa shape index (κ3) is 3.35. The lowest BCUT2D eigenvalue weighted by Gasteiger charge is -2.31. The van der Waals surface area contributed by atoms with E-state index in [0.717, 1.165) is 47.8 Å². The van der Waals surface area contributed by atoms with Crippen molar-refractivity contribution in [3.8, 4) is 22.5 Å². The number of piperidine rings is 1. The van der Waals surface area contributed by atoms with Gasteiger partial charge in [-0.15, -0.1) is 0 Å². The van der Waals surface area contributed by atoms with Crippen LogP contribution in [-0.4, -0.2) is 34.6 Å². The lowest BCUT2D eigenvalue weighted by Crippen LogP contribution is -2.31. The van der Waals surface area contributed by atoms with Gasteiger partial charge in [0.1, 0.15) is 0 Å². The highest BCUT2D eigenvalue weighted by molar-refractivity contribution is 6.30. The van der Waals surface area contributed by atoms with Crippen LogP contribution in [0.15, 0.2) is 60.9 Å². The van der Waals surface area contributed by atoms with Crippen molar-refractivity contribution in [2.24, 2.45) is 0 Å². The molecule has 1 fully saturated rings. The summed E-state index contributed by atoms with van der Waals surface area (Å²) in [6.07, 6.45) is 4.30. The molecule has 1 aliphatic rings. The van der Waals surface area contributed by atoms with Crippen LogP contribution < -0.4 is 0 Å². The van der Waals surface area contributed by atoms with Crippen molar-refractivity contribution in [1.29, 1.82) is 0 Å². The van der Waals surface area contributed by atoms with E-state index >= 15 is 0 Å². The average molecular weight is 352 g/mol. The summed E-state index contributed by atoms with van der Waals surface area (Å²) in [4.78, 5) is 7.19. The molecule has 1 saturated heterocycles. The lowest BCUT2D eigenvalue weighted by atomic mass is 10.0. The monoisotopic (exact) mass is 351 g/mol. The molecule has 0 atom stereocenters. The highest BCUT2D eigenvalue weighted by Crippen LogP contribution is 2.36. The fraction of sp³-hybridized carbons (Fsp3) is 0.286. The summed E-state index contributed by atoms with van der Waals surface area (Å²) in [5.41, 5.74) is 4.47. The van der Waals surface area contributed by atoms with Crippen LogP contribution in [-0.2, 0) is 0 Å². The number of hydrogen-bond acceptors (Lipinski definition) is 2. The van der Waals surface area contributed by atoms with Crippen LogP contribution in [0, 0.1) is 0 Å². The zero-order valence-electron chi connectivity index (χ0n) is 14.4. The smallest absolute Gasteiger partial charge is 0.0963 e. The van der Waals surface area contributed by atoms with E-state index in [1.807, 2.05) is 30.6 Å². The minimum atomic E-state index is 0.482. The van der Waals surface area contributed by atoms with Crippen LogP contribution in [0.5, 0.6) is 0 Å². The van der Waals surface area contributed by atoms with Gasteiger partial charge in [0.15, 0.2) is 0 Å². The maximum atomic E-state index is 6.28. The van der Waals surface area contributed by atoms with E-state index in [1.54, 1.807) is 0 Å². The van der Waals surface area contributed by atoms with Crippen LogP contribution in [0.25, 0.3) is 22.5 Å². The molecular weight excluding hydrogens is 330 g/mol. The Morgan fingerprint density at radius 1 is 0.960 bits per heavy atom. The van der Waals surface area contributed by atoms with Crippen LogP contribution in [0.1, 0.15) is 18.9 Å². The zero-order chi connectivity index (χ0) is 17.2. The molecule has 3 nitrogen and oxygen atoms in total. The summed E-state index contributed by atoms with van der Waals surface area (Å²) in [6.45, 7) is 2.25. The Labute approximate surface area is 153 Å². The molecule has 1 aliphatic heterocycles. The second-order valence-corrected chi connectivity index (χ2v) is 7.20. The molecule has 128 valence electrons. The Bertz CT molecular complexity index is 849. The maximum Gasteiger partial charge on any atom is 0.0963 e. The summed E-state index contributed by atoms with van der Waals surface area (Å²) in [5, 5.41) is 0.757. The number of nitrogens with zero attached hydrogens (tertiary/aromatic N) is 3. The van der Waals surface area contributed by atoms with Gasteiger partial charge < -0.3 is 9.47 Å².